The van der Waals surface area contributed by atoms with Gasteiger partial charge in [-0.2, -0.15) is 0 Å². The first-order chi connectivity index (χ1) is 10.1. The molecule has 1 aliphatic rings. The third-order valence-electron chi connectivity index (χ3n) is 3.69. The highest BCUT2D eigenvalue weighted by molar-refractivity contribution is 5.79. The van der Waals surface area contributed by atoms with Crippen molar-refractivity contribution >= 4 is 11.7 Å². The minimum absolute atomic E-state index is 0.0487. The van der Waals surface area contributed by atoms with Gasteiger partial charge in [0.15, 0.2) is 0 Å². The van der Waals surface area contributed by atoms with Gasteiger partial charge < -0.3 is 5.32 Å². The van der Waals surface area contributed by atoms with Crippen molar-refractivity contribution in [3.05, 3.63) is 24.4 Å². The molecular formula is C15H25N5O. The summed E-state index contributed by atoms with van der Waals surface area (Å²) < 4.78 is 0. The molecule has 2 heterocycles. The number of nitrogens with zero attached hydrogens (tertiary/aromatic N) is 2. The van der Waals surface area contributed by atoms with Crippen LogP contribution in [0.1, 0.15) is 26.7 Å². The van der Waals surface area contributed by atoms with E-state index in [0.29, 0.717) is 24.4 Å². The minimum Gasteiger partial charge on any atom is -0.313 e. The van der Waals surface area contributed by atoms with E-state index < -0.39 is 0 Å². The number of nitrogens with one attached hydrogen (secondary N) is 3. The third-order valence-corrected chi connectivity index (χ3v) is 3.69. The van der Waals surface area contributed by atoms with E-state index in [0.717, 1.165) is 13.1 Å². The largest absolute Gasteiger partial charge is 0.313 e. The minimum atomic E-state index is -0.0487. The maximum absolute atomic E-state index is 12.0. The lowest BCUT2D eigenvalue weighted by molar-refractivity contribution is -0.122. The van der Waals surface area contributed by atoms with Crippen molar-refractivity contribution in [1.82, 2.24) is 20.6 Å². The zero-order chi connectivity index (χ0) is 15.1. The number of pyridine rings is 1. The summed E-state index contributed by atoms with van der Waals surface area (Å²) in [6.07, 6.45) is 4.10. The number of hydrogen-bond donors (Lipinski definition) is 3. The highest BCUT2D eigenvalue weighted by Gasteiger charge is 2.21. The van der Waals surface area contributed by atoms with E-state index in [1.165, 1.54) is 12.8 Å². The molecule has 3 N–H and O–H groups in total. The lowest BCUT2D eigenvalue weighted by Gasteiger charge is -2.28. The topological polar surface area (TPSA) is 69.3 Å². The fourth-order valence-corrected chi connectivity index (χ4v) is 2.45. The molecule has 0 radical (unpaired) electrons. The summed E-state index contributed by atoms with van der Waals surface area (Å²) in [4.78, 5) is 18.3. The van der Waals surface area contributed by atoms with Gasteiger partial charge in [0.1, 0.15) is 5.82 Å². The zero-order valence-corrected chi connectivity index (χ0v) is 12.8. The molecule has 6 nitrogen and oxygen atoms in total. The molecule has 0 saturated carbocycles. The molecule has 1 amide bonds. The second-order valence-electron chi connectivity index (χ2n) is 5.70. The van der Waals surface area contributed by atoms with E-state index in [1.54, 1.807) is 6.20 Å². The van der Waals surface area contributed by atoms with Gasteiger partial charge in [-0.3, -0.25) is 20.5 Å². The van der Waals surface area contributed by atoms with Crippen LogP contribution in [-0.2, 0) is 4.79 Å². The van der Waals surface area contributed by atoms with Crippen LogP contribution in [0.3, 0.4) is 0 Å². The smallest absolute Gasteiger partial charge is 0.252 e. The van der Waals surface area contributed by atoms with E-state index >= 15 is 0 Å². The fraction of sp³-hybridized carbons (Fsp3) is 0.600. The van der Waals surface area contributed by atoms with Gasteiger partial charge in [0.25, 0.3) is 5.91 Å². The number of amides is 1. The molecule has 1 aliphatic heterocycles. The first-order valence-electron chi connectivity index (χ1n) is 7.58. The summed E-state index contributed by atoms with van der Waals surface area (Å²) >= 11 is 0. The van der Waals surface area contributed by atoms with Crippen LogP contribution in [0, 0.1) is 0 Å². The molecule has 1 aromatic heterocycles. The van der Waals surface area contributed by atoms with E-state index in [9.17, 15) is 4.79 Å². The van der Waals surface area contributed by atoms with Crippen LogP contribution < -0.4 is 16.2 Å². The molecule has 21 heavy (non-hydrogen) atoms. The zero-order valence-electron chi connectivity index (χ0n) is 12.8. The number of anilines is 1. The van der Waals surface area contributed by atoms with Crippen molar-refractivity contribution in [2.75, 3.05) is 25.1 Å². The molecule has 116 valence electrons. The first kappa shape index (κ1) is 15.7. The maximum atomic E-state index is 12.0. The predicted octanol–water partition coefficient (Wildman–Crippen LogP) is 0.987. The molecule has 0 aromatic carbocycles. The maximum Gasteiger partial charge on any atom is 0.252 e. The molecule has 6 heteroatoms. The monoisotopic (exact) mass is 291 g/mol. The lowest BCUT2D eigenvalue weighted by Crippen LogP contribution is -2.47. The molecule has 1 fully saturated rings. The van der Waals surface area contributed by atoms with Crippen LogP contribution in [-0.4, -0.2) is 47.5 Å². The Kier molecular flexibility index (Phi) is 5.95. The predicted molar refractivity (Wildman–Crippen MR) is 83.7 cm³/mol. The van der Waals surface area contributed by atoms with Crippen LogP contribution >= 0.6 is 0 Å². The van der Waals surface area contributed by atoms with Crippen LogP contribution in [0.25, 0.3) is 0 Å². The summed E-state index contributed by atoms with van der Waals surface area (Å²) in [6.45, 7) is 6.62. The summed E-state index contributed by atoms with van der Waals surface area (Å²) in [5.41, 5.74) is 5.53. The molecule has 0 spiro atoms. The van der Waals surface area contributed by atoms with Crippen molar-refractivity contribution in [1.29, 1.82) is 0 Å². The van der Waals surface area contributed by atoms with Crippen LogP contribution in [0.2, 0.25) is 0 Å². The quantitative estimate of drug-likeness (QED) is 0.654. The Morgan fingerprint density at radius 1 is 1.52 bits per heavy atom. The van der Waals surface area contributed by atoms with Gasteiger partial charge in [0.2, 0.25) is 0 Å². The normalized spacial score (nSPS) is 18.2. The Morgan fingerprint density at radius 3 is 3.00 bits per heavy atom. The number of carbonyl (C=O) groups excluding carboxylic acids is 1. The van der Waals surface area contributed by atoms with Crippen LogP contribution in [0.15, 0.2) is 24.4 Å². The molecule has 1 aromatic rings. The second-order valence-corrected chi connectivity index (χ2v) is 5.70. The number of hydrazine groups is 1. The van der Waals surface area contributed by atoms with Gasteiger partial charge in [0.05, 0.1) is 6.54 Å². The number of carbonyl (C=O) groups is 1. The van der Waals surface area contributed by atoms with E-state index in [1.807, 2.05) is 18.2 Å². The number of aromatic nitrogens is 1. The Hall–Kier alpha value is -1.66. The van der Waals surface area contributed by atoms with Gasteiger partial charge >= 0.3 is 0 Å². The molecule has 0 aliphatic carbocycles. The van der Waals surface area contributed by atoms with Crippen molar-refractivity contribution in [2.24, 2.45) is 0 Å². The van der Waals surface area contributed by atoms with Gasteiger partial charge in [-0.1, -0.05) is 6.07 Å². The Balaban J connectivity index is 1.77. The van der Waals surface area contributed by atoms with Gasteiger partial charge in [-0.15, -0.1) is 0 Å². The van der Waals surface area contributed by atoms with Crippen molar-refractivity contribution < 1.29 is 4.79 Å². The Morgan fingerprint density at radius 2 is 2.38 bits per heavy atom. The van der Waals surface area contributed by atoms with Crippen LogP contribution in [0.5, 0.6) is 0 Å². The Bertz CT molecular complexity index is 431. The highest BCUT2D eigenvalue weighted by Crippen LogP contribution is 2.09. The summed E-state index contributed by atoms with van der Waals surface area (Å²) in [5.74, 6) is 0.590. The SMILES string of the molecule is CC(C)N(CC(=O)NNc1ccccn1)CC1CCCN1. The van der Waals surface area contributed by atoms with E-state index in [2.05, 4.69) is 39.9 Å². The molecule has 0 bridgehead atoms. The number of rotatable bonds is 7. The number of hydrogen-bond acceptors (Lipinski definition) is 5. The molecular weight excluding hydrogens is 266 g/mol. The fourth-order valence-electron chi connectivity index (χ4n) is 2.45. The Labute approximate surface area is 126 Å². The van der Waals surface area contributed by atoms with Crippen molar-refractivity contribution in [3.8, 4) is 0 Å². The average Bonchev–Trinajstić information content (AvgIpc) is 2.98. The van der Waals surface area contributed by atoms with Crippen LogP contribution in [0.4, 0.5) is 5.82 Å². The van der Waals surface area contributed by atoms with Gasteiger partial charge in [-0.05, 0) is 45.4 Å². The third kappa shape index (κ3) is 5.32. The van der Waals surface area contributed by atoms with Crippen molar-refractivity contribution in [3.63, 3.8) is 0 Å². The van der Waals surface area contributed by atoms with E-state index in [4.69, 9.17) is 0 Å². The summed E-state index contributed by atoms with van der Waals surface area (Å²) in [7, 11) is 0. The lowest BCUT2D eigenvalue weighted by atomic mass is 10.2. The standard InChI is InChI=1S/C15H25N5O/c1-12(2)20(10-13-6-5-9-16-13)11-15(21)19-18-14-7-3-4-8-17-14/h3-4,7-8,12-13,16H,5-6,9-11H2,1-2H3,(H,17,18)(H,19,21). The molecule has 1 atom stereocenters. The van der Waals surface area contributed by atoms with E-state index in [-0.39, 0.29) is 5.91 Å². The van der Waals surface area contributed by atoms with Gasteiger partial charge in [-0.25, -0.2) is 4.98 Å². The molecule has 2 rings (SSSR count). The highest BCUT2D eigenvalue weighted by atomic mass is 16.2. The summed E-state index contributed by atoms with van der Waals surface area (Å²) in [6, 6.07) is 6.36. The first-order valence-corrected chi connectivity index (χ1v) is 7.58. The second kappa shape index (κ2) is 7.95. The summed E-state index contributed by atoms with van der Waals surface area (Å²) in [5, 5.41) is 3.47. The van der Waals surface area contributed by atoms with Crippen molar-refractivity contribution in [2.45, 2.75) is 38.8 Å². The molecule has 1 saturated heterocycles. The van der Waals surface area contributed by atoms with Gasteiger partial charge in [0, 0.05) is 24.8 Å². The average molecular weight is 291 g/mol. The molecule has 1 unspecified atom stereocenters.